The molecule has 0 amide bonds. The molecule has 4 heteroatoms. The van der Waals surface area contributed by atoms with Gasteiger partial charge in [-0.15, -0.1) is 0 Å². The van der Waals surface area contributed by atoms with Crippen LogP contribution in [0.15, 0.2) is 18.2 Å². The summed E-state index contributed by atoms with van der Waals surface area (Å²) in [6.07, 6.45) is 2.23. The summed E-state index contributed by atoms with van der Waals surface area (Å²) in [4.78, 5) is 0. The van der Waals surface area contributed by atoms with E-state index in [4.69, 9.17) is 21.1 Å². The minimum Gasteiger partial charge on any atom is -0.496 e. The van der Waals surface area contributed by atoms with Crippen molar-refractivity contribution in [2.24, 2.45) is 5.41 Å². The van der Waals surface area contributed by atoms with Gasteiger partial charge in [0.1, 0.15) is 5.75 Å². The van der Waals surface area contributed by atoms with Crippen molar-refractivity contribution in [3.8, 4) is 5.75 Å². The first-order valence-electron chi connectivity index (χ1n) is 6.11. The summed E-state index contributed by atoms with van der Waals surface area (Å²) < 4.78 is 11.2. The zero-order valence-electron chi connectivity index (χ0n) is 10.7. The van der Waals surface area contributed by atoms with Crippen LogP contribution < -0.4 is 4.74 Å². The molecule has 18 heavy (non-hydrogen) atoms. The second-order valence-electron chi connectivity index (χ2n) is 4.89. The zero-order chi connectivity index (χ0) is 13.2. The zero-order valence-corrected chi connectivity index (χ0v) is 13.1. The van der Waals surface area contributed by atoms with Gasteiger partial charge in [-0.2, -0.15) is 0 Å². The van der Waals surface area contributed by atoms with Gasteiger partial charge in [0.25, 0.3) is 0 Å². The van der Waals surface area contributed by atoms with Crippen LogP contribution in [0.25, 0.3) is 0 Å². The number of hydrogen-bond donors (Lipinski definition) is 0. The van der Waals surface area contributed by atoms with Gasteiger partial charge in [-0.05, 0) is 43.5 Å². The number of alkyl halides is 1. The number of rotatable bonds is 4. The number of benzene rings is 1. The molecule has 1 aliphatic rings. The fourth-order valence-electron chi connectivity index (χ4n) is 2.54. The van der Waals surface area contributed by atoms with Gasteiger partial charge in [0, 0.05) is 22.4 Å². The molecule has 0 saturated carbocycles. The summed E-state index contributed by atoms with van der Waals surface area (Å²) in [5.41, 5.74) is 1.29. The smallest absolute Gasteiger partial charge is 0.122 e. The van der Waals surface area contributed by atoms with E-state index in [9.17, 15) is 0 Å². The number of methoxy groups -OCH3 is 1. The molecule has 0 radical (unpaired) electrons. The lowest BCUT2D eigenvalue weighted by molar-refractivity contribution is 0.0744. The second kappa shape index (κ2) is 5.81. The topological polar surface area (TPSA) is 18.5 Å². The van der Waals surface area contributed by atoms with E-state index in [2.05, 4.69) is 22.9 Å². The summed E-state index contributed by atoms with van der Waals surface area (Å²) in [6, 6.07) is 5.79. The van der Waals surface area contributed by atoms with Crippen LogP contribution in [-0.4, -0.2) is 25.2 Å². The molecule has 0 aliphatic carbocycles. The van der Waals surface area contributed by atoms with Gasteiger partial charge < -0.3 is 9.47 Å². The maximum atomic E-state index is 6.09. The molecule has 2 rings (SSSR count). The van der Waals surface area contributed by atoms with Crippen LogP contribution in [0.3, 0.4) is 0 Å². The van der Waals surface area contributed by atoms with Crippen molar-refractivity contribution in [1.29, 1.82) is 0 Å². The molecular formula is C14H18BrClO2. The molecule has 1 fully saturated rings. The Balaban J connectivity index is 2.29. The lowest BCUT2D eigenvalue weighted by atomic mass is 9.78. The Morgan fingerprint density at radius 3 is 2.89 bits per heavy atom. The van der Waals surface area contributed by atoms with Crippen molar-refractivity contribution >= 4 is 27.5 Å². The van der Waals surface area contributed by atoms with Crippen molar-refractivity contribution in [2.75, 3.05) is 19.0 Å². The Labute approximate surface area is 122 Å². The third-order valence-corrected chi connectivity index (χ3v) is 5.23. The maximum Gasteiger partial charge on any atom is 0.122 e. The monoisotopic (exact) mass is 332 g/mol. The average molecular weight is 334 g/mol. The van der Waals surface area contributed by atoms with Gasteiger partial charge in [0.15, 0.2) is 0 Å². The van der Waals surface area contributed by atoms with E-state index >= 15 is 0 Å². The summed E-state index contributed by atoms with van der Waals surface area (Å²) in [7, 11) is 1.70. The van der Waals surface area contributed by atoms with Crippen molar-refractivity contribution < 1.29 is 9.47 Å². The van der Waals surface area contributed by atoms with Gasteiger partial charge in [-0.3, -0.25) is 0 Å². The molecule has 2 atom stereocenters. The van der Waals surface area contributed by atoms with E-state index in [0.717, 1.165) is 41.1 Å². The first-order chi connectivity index (χ1) is 8.61. The lowest BCUT2D eigenvalue weighted by Gasteiger charge is -2.30. The van der Waals surface area contributed by atoms with E-state index in [1.807, 2.05) is 18.2 Å². The standard InChI is InChI=1S/C14H18BrClO2/c1-10-14(9-15,5-6-18-10)8-11-7-12(16)3-4-13(11)17-2/h3-4,7,10H,5-6,8-9H2,1-2H3. The van der Waals surface area contributed by atoms with E-state index < -0.39 is 0 Å². The highest BCUT2D eigenvalue weighted by atomic mass is 79.9. The van der Waals surface area contributed by atoms with Gasteiger partial charge in [0.2, 0.25) is 0 Å². The molecule has 0 bridgehead atoms. The Bertz CT molecular complexity index is 424. The summed E-state index contributed by atoms with van der Waals surface area (Å²) in [5, 5.41) is 1.68. The highest BCUT2D eigenvalue weighted by molar-refractivity contribution is 9.09. The Morgan fingerprint density at radius 2 is 2.33 bits per heavy atom. The molecule has 1 aliphatic heterocycles. The van der Waals surface area contributed by atoms with E-state index in [-0.39, 0.29) is 11.5 Å². The highest BCUT2D eigenvalue weighted by Crippen LogP contribution is 2.41. The third-order valence-electron chi connectivity index (χ3n) is 3.88. The molecule has 1 aromatic carbocycles. The molecule has 0 N–H and O–H groups in total. The molecular weight excluding hydrogens is 316 g/mol. The van der Waals surface area contributed by atoms with Crippen LogP contribution in [0, 0.1) is 5.41 Å². The van der Waals surface area contributed by atoms with Crippen molar-refractivity contribution in [3.05, 3.63) is 28.8 Å². The Morgan fingerprint density at radius 1 is 1.56 bits per heavy atom. The molecule has 1 heterocycles. The van der Waals surface area contributed by atoms with Gasteiger partial charge in [-0.25, -0.2) is 0 Å². The summed E-state index contributed by atoms with van der Waals surface area (Å²) in [6.45, 7) is 2.97. The van der Waals surface area contributed by atoms with Crippen LogP contribution in [0.4, 0.5) is 0 Å². The first kappa shape index (κ1) is 14.2. The van der Waals surface area contributed by atoms with Crippen molar-refractivity contribution in [3.63, 3.8) is 0 Å². The third kappa shape index (κ3) is 2.68. The van der Waals surface area contributed by atoms with E-state index in [0.29, 0.717) is 0 Å². The molecule has 1 saturated heterocycles. The van der Waals surface area contributed by atoms with Crippen LogP contribution in [0.5, 0.6) is 5.75 Å². The second-order valence-corrected chi connectivity index (χ2v) is 5.89. The molecule has 2 unspecified atom stereocenters. The predicted molar refractivity (Wildman–Crippen MR) is 78.0 cm³/mol. The van der Waals surface area contributed by atoms with Gasteiger partial charge >= 0.3 is 0 Å². The number of hydrogen-bond acceptors (Lipinski definition) is 2. The predicted octanol–water partition coefficient (Wildman–Crippen LogP) is 4.08. The fraction of sp³-hybridized carbons (Fsp3) is 0.571. The molecule has 100 valence electrons. The van der Waals surface area contributed by atoms with Gasteiger partial charge in [-0.1, -0.05) is 27.5 Å². The average Bonchev–Trinajstić information content (AvgIpc) is 2.72. The van der Waals surface area contributed by atoms with E-state index in [1.54, 1.807) is 7.11 Å². The lowest BCUT2D eigenvalue weighted by Crippen LogP contribution is -2.33. The summed E-state index contributed by atoms with van der Waals surface area (Å²) in [5.74, 6) is 0.902. The van der Waals surface area contributed by atoms with Crippen LogP contribution in [0.2, 0.25) is 5.02 Å². The minimum atomic E-state index is 0.137. The van der Waals surface area contributed by atoms with Crippen LogP contribution in [-0.2, 0) is 11.2 Å². The molecule has 1 aromatic rings. The minimum absolute atomic E-state index is 0.137. The normalized spacial score (nSPS) is 27.4. The Kier molecular flexibility index (Phi) is 4.57. The molecule has 0 aromatic heterocycles. The number of halogens is 2. The largest absolute Gasteiger partial charge is 0.496 e. The molecule has 2 nitrogen and oxygen atoms in total. The summed E-state index contributed by atoms with van der Waals surface area (Å²) >= 11 is 9.73. The van der Waals surface area contributed by atoms with Crippen molar-refractivity contribution in [1.82, 2.24) is 0 Å². The van der Waals surface area contributed by atoms with Crippen LogP contribution in [0.1, 0.15) is 18.9 Å². The van der Waals surface area contributed by atoms with Crippen molar-refractivity contribution in [2.45, 2.75) is 25.9 Å². The van der Waals surface area contributed by atoms with Crippen LogP contribution >= 0.6 is 27.5 Å². The SMILES string of the molecule is COc1ccc(Cl)cc1CC1(CBr)CCOC1C. The number of ether oxygens (including phenoxy) is 2. The van der Waals surface area contributed by atoms with E-state index in [1.165, 1.54) is 0 Å². The first-order valence-corrected chi connectivity index (χ1v) is 7.61. The fourth-order valence-corrected chi connectivity index (χ4v) is 3.67. The highest BCUT2D eigenvalue weighted by Gasteiger charge is 2.41. The maximum absolute atomic E-state index is 6.09. The quantitative estimate of drug-likeness (QED) is 0.773. The molecule has 0 spiro atoms. The Hall–Kier alpha value is -0.250. The van der Waals surface area contributed by atoms with Gasteiger partial charge in [0.05, 0.1) is 13.2 Å².